The van der Waals surface area contributed by atoms with E-state index in [1.165, 1.54) is 31.5 Å². The van der Waals surface area contributed by atoms with Gasteiger partial charge >= 0.3 is 0 Å². The molecule has 1 aliphatic heterocycles. The van der Waals surface area contributed by atoms with Crippen LogP contribution in [0.2, 0.25) is 0 Å². The predicted octanol–water partition coefficient (Wildman–Crippen LogP) is 2.68. The third kappa shape index (κ3) is 5.08. The van der Waals surface area contributed by atoms with Gasteiger partial charge in [-0.1, -0.05) is 28.1 Å². The van der Waals surface area contributed by atoms with E-state index in [0.29, 0.717) is 0 Å². The van der Waals surface area contributed by atoms with E-state index in [0.717, 1.165) is 22.4 Å². The van der Waals surface area contributed by atoms with Crippen LogP contribution in [0.5, 0.6) is 0 Å². The molecule has 2 aromatic rings. The minimum Gasteiger partial charge on any atom is -0.376 e. The largest absolute Gasteiger partial charge is 0.376 e. The summed E-state index contributed by atoms with van der Waals surface area (Å²) < 4.78 is 1.02. The Morgan fingerprint density at radius 3 is 2.25 bits per heavy atom. The van der Waals surface area contributed by atoms with E-state index in [1.807, 2.05) is 36.4 Å². The highest BCUT2D eigenvalue weighted by molar-refractivity contribution is 9.10. The molecule has 0 radical (unpaired) electrons. The van der Waals surface area contributed by atoms with Crippen LogP contribution in [0, 0.1) is 0 Å². The lowest BCUT2D eigenvalue weighted by atomic mass is 10.2. The van der Waals surface area contributed by atoms with E-state index in [9.17, 15) is 4.79 Å². The topological polar surface area (TPSA) is 45.6 Å². The smallest absolute Gasteiger partial charge is 0.243 e. The second-order valence-corrected chi connectivity index (χ2v) is 7.16. The van der Waals surface area contributed by atoms with Crippen LogP contribution in [0.15, 0.2) is 53.0 Å². The number of amides is 1. The van der Waals surface area contributed by atoms with Crippen molar-refractivity contribution >= 4 is 33.2 Å². The highest BCUT2D eigenvalue weighted by atomic mass is 79.9. The Morgan fingerprint density at radius 2 is 1.58 bits per heavy atom. The van der Waals surface area contributed by atoms with Crippen LogP contribution in [0.1, 0.15) is 18.4 Å². The van der Waals surface area contributed by atoms with Gasteiger partial charge in [0.2, 0.25) is 5.91 Å². The SMILES string of the molecule is O=C(CNc1ccc(Br)cc1)Nc1ccc(C[NH+]2CCCC2)cc1. The molecule has 0 aromatic heterocycles. The monoisotopic (exact) mass is 388 g/mol. The molecule has 1 saturated heterocycles. The van der Waals surface area contributed by atoms with Crippen molar-refractivity contribution in [2.24, 2.45) is 0 Å². The van der Waals surface area contributed by atoms with Gasteiger partial charge in [-0.15, -0.1) is 0 Å². The molecule has 3 rings (SSSR count). The van der Waals surface area contributed by atoms with Gasteiger partial charge in [-0.05, 0) is 36.4 Å². The van der Waals surface area contributed by atoms with Gasteiger partial charge in [0, 0.05) is 34.3 Å². The van der Waals surface area contributed by atoms with Crippen LogP contribution in [0.25, 0.3) is 0 Å². The molecular weight excluding hydrogens is 366 g/mol. The van der Waals surface area contributed by atoms with Crippen molar-refractivity contribution in [1.82, 2.24) is 0 Å². The van der Waals surface area contributed by atoms with Crippen LogP contribution in [-0.4, -0.2) is 25.5 Å². The summed E-state index contributed by atoms with van der Waals surface area (Å²) in [4.78, 5) is 13.7. The van der Waals surface area contributed by atoms with E-state index in [4.69, 9.17) is 0 Å². The Labute approximate surface area is 151 Å². The standard InChI is InChI=1S/C19H22BrN3O/c20-16-5-9-17(10-6-16)21-13-19(24)22-18-7-3-15(4-8-18)14-23-11-1-2-12-23/h3-10,21H,1-2,11-14H2,(H,22,24)/p+1. The average Bonchev–Trinajstić information content (AvgIpc) is 3.09. The molecule has 5 heteroatoms. The highest BCUT2D eigenvalue weighted by Crippen LogP contribution is 2.14. The van der Waals surface area contributed by atoms with Gasteiger partial charge in [-0.25, -0.2) is 0 Å². The molecule has 1 fully saturated rings. The first-order valence-electron chi connectivity index (χ1n) is 8.41. The lowest BCUT2D eigenvalue weighted by Gasteiger charge is -2.12. The quantitative estimate of drug-likeness (QED) is 0.712. The molecule has 126 valence electrons. The Hall–Kier alpha value is -1.85. The molecule has 2 aromatic carbocycles. The molecule has 0 bridgehead atoms. The Morgan fingerprint density at radius 1 is 0.958 bits per heavy atom. The van der Waals surface area contributed by atoms with Crippen LogP contribution in [0.3, 0.4) is 0 Å². The van der Waals surface area contributed by atoms with Gasteiger partial charge in [0.25, 0.3) is 0 Å². The fourth-order valence-electron chi connectivity index (χ4n) is 3.00. The molecule has 0 saturated carbocycles. The van der Waals surface area contributed by atoms with E-state index < -0.39 is 0 Å². The van der Waals surface area contributed by atoms with Crippen LogP contribution in [0.4, 0.5) is 11.4 Å². The summed E-state index contributed by atoms with van der Waals surface area (Å²) in [5, 5.41) is 6.04. The van der Waals surface area contributed by atoms with Crippen molar-refractivity contribution in [2.75, 3.05) is 30.3 Å². The number of carbonyl (C=O) groups excluding carboxylic acids is 1. The van der Waals surface area contributed by atoms with Crippen LogP contribution < -0.4 is 15.5 Å². The van der Waals surface area contributed by atoms with E-state index >= 15 is 0 Å². The summed E-state index contributed by atoms with van der Waals surface area (Å²) in [5.41, 5.74) is 3.10. The average molecular weight is 389 g/mol. The fourth-order valence-corrected chi connectivity index (χ4v) is 3.27. The maximum Gasteiger partial charge on any atom is 0.243 e. The summed E-state index contributed by atoms with van der Waals surface area (Å²) in [6.07, 6.45) is 2.68. The second kappa shape index (κ2) is 8.31. The minimum absolute atomic E-state index is 0.0455. The molecular formula is C19H23BrN3O+. The fraction of sp³-hybridized carbons (Fsp3) is 0.316. The van der Waals surface area contributed by atoms with E-state index in [2.05, 4.69) is 38.7 Å². The lowest BCUT2D eigenvalue weighted by molar-refractivity contribution is -0.901. The van der Waals surface area contributed by atoms with Crippen molar-refractivity contribution in [3.05, 3.63) is 58.6 Å². The van der Waals surface area contributed by atoms with Gasteiger partial charge in [0.15, 0.2) is 0 Å². The summed E-state index contributed by atoms with van der Waals surface area (Å²) in [7, 11) is 0. The first kappa shape index (κ1) is 17.0. The number of likely N-dealkylation sites (tertiary alicyclic amines) is 1. The number of anilines is 2. The molecule has 0 spiro atoms. The highest BCUT2D eigenvalue weighted by Gasteiger charge is 2.15. The zero-order chi connectivity index (χ0) is 16.8. The van der Waals surface area contributed by atoms with Crippen molar-refractivity contribution in [1.29, 1.82) is 0 Å². The normalized spacial score (nSPS) is 14.5. The number of quaternary nitrogens is 1. The van der Waals surface area contributed by atoms with E-state index in [1.54, 1.807) is 4.90 Å². The summed E-state index contributed by atoms with van der Waals surface area (Å²) >= 11 is 3.39. The predicted molar refractivity (Wildman–Crippen MR) is 101 cm³/mol. The zero-order valence-corrected chi connectivity index (χ0v) is 15.2. The van der Waals surface area contributed by atoms with E-state index in [-0.39, 0.29) is 12.5 Å². The maximum atomic E-state index is 12.0. The minimum atomic E-state index is -0.0455. The van der Waals surface area contributed by atoms with Gasteiger partial charge in [-0.3, -0.25) is 4.79 Å². The molecule has 4 nitrogen and oxygen atoms in total. The van der Waals surface area contributed by atoms with Gasteiger partial charge < -0.3 is 15.5 Å². The molecule has 24 heavy (non-hydrogen) atoms. The van der Waals surface area contributed by atoms with Crippen molar-refractivity contribution in [2.45, 2.75) is 19.4 Å². The van der Waals surface area contributed by atoms with Crippen molar-refractivity contribution in [3.63, 3.8) is 0 Å². The number of nitrogens with one attached hydrogen (secondary N) is 3. The lowest BCUT2D eigenvalue weighted by Crippen LogP contribution is -3.08. The number of rotatable bonds is 6. The third-order valence-corrected chi connectivity index (χ3v) is 4.83. The van der Waals surface area contributed by atoms with Crippen LogP contribution in [-0.2, 0) is 11.3 Å². The van der Waals surface area contributed by atoms with Crippen LogP contribution >= 0.6 is 15.9 Å². The Kier molecular flexibility index (Phi) is 5.88. The van der Waals surface area contributed by atoms with Crippen molar-refractivity contribution < 1.29 is 9.69 Å². The first-order chi connectivity index (χ1) is 11.7. The number of halogens is 1. The number of hydrogen-bond acceptors (Lipinski definition) is 2. The van der Waals surface area contributed by atoms with Crippen molar-refractivity contribution in [3.8, 4) is 0 Å². The molecule has 0 unspecified atom stereocenters. The Bertz CT molecular complexity index is 664. The van der Waals surface area contributed by atoms with Gasteiger partial charge in [0.1, 0.15) is 6.54 Å². The van der Waals surface area contributed by atoms with Gasteiger partial charge in [0.05, 0.1) is 19.6 Å². The van der Waals surface area contributed by atoms with Gasteiger partial charge in [-0.2, -0.15) is 0 Å². The summed E-state index contributed by atoms with van der Waals surface area (Å²) in [6, 6.07) is 16.0. The second-order valence-electron chi connectivity index (χ2n) is 6.24. The molecule has 3 N–H and O–H groups in total. The molecule has 0 aliphatic carbocycles. The zero-order valence-electron chi connectivity index (χ0n) is 13.6. The Balaban J connectivity index is 1.46. The molecule has 1 aliphatic rings. The maximum absolute atomic E-state index is 12.0. The number of hydrogen-bond donors (Lipinski definition) is 3. The summed E-state index contributed by atoms with van der Waals surface area (Å²) in [5.74, 6) is -0.0455. The molecule has 1 heterocycles. The molecule has 1 amide bonds. The number of benzene rings is 2. The first-order valence-corrected chi connectivity index (χ1v) is 9.20. The summed E-state index contributed by atoms with van der Waals surface area (Å²) in [6.45, 7) is 3.89. The molecule has 0 atom stereocenters. The number of carbonyl (C=O) groups is 1. The third-order valence-electron chi connectivity index (χ3n) is 4.30.